The Morgan fingerprint density at radius 3 is 3.04 bits per heavy atom. The molecule has 0 aromatic carbocycles. The molecule has 4 N–H and O–H groups in total. The second kappa shape index (κ2) is 4.16. The SMILES string of the molecule is CC1(C)O[C@H]2[C@H](n3cnc4c(=O)[nH]c(N)nc43)[C@H]3C[C@]3(CO)[C@H]2O1. The summed E-state index contributed by atoms with van der Waals surface area (Å²) in [5.41, 5.74) is 5.74. The Morgan fingerprint density at radius 1 is 1.50 bits per heavy atom. The van der Waals surface area contributed by atoms with E-state index in [0.29, 0.717) is 5.65 Å². The van der Waals surface area contributed by atoms with Gasteiger partial charge >= 0.3 is 0 Å². The first kappa shape index (κ1) is 14.4. The highest BCUT2D eigenvalue weighted by Gasteiger charge is 2.75. The number of hydrogen-bond acceptors (Lipinski definition) is 7. The average Bonchev–Trinajstić information content (AvgIpc) is 2.78. The smallest absolute Gasteiger partial charge is 0.280 e. The van der Waals surface area contributed by atoms with Crippen LogP contribution in [0, 0.1) is 11.3 Å². The molecule has 0 radical (unpaired) electrons. The third-order valence-corrected chi connectivity index (χ3v) is 5.69. The molecule has 24 heavy (non-hydrogen) atoms. The minimum atomic E-state index is -0.705. The molecule has 0 bridgehead atoms. The predicted molar refractivity (Wildman–Crippen MR) is 83.0 cm³/mol. The van der Waals surface area contributed by atoms with Crippen molar-refractivity contribution in [2.24, 2.45) is 11.3 Å². The number of H-pyrrole nitrogens is 1. The first-order chi connectivity index (χ1) is 11.4. The van der Waals surface area contributed by atoms with Crippen LogP contribution in [-0.4, -0.2) is 49.2 Å². The molecule has 2 aromatic rings. The van der Waals surface area contributed by atoms with Gasteiger partial charge in [-0.2, -0.15) is 4.98 Å². The fraction of sp³-hybridized carbons (Fsp3) is 0.667. The topological polar surface area (TPSA) is 128 Å². The van der Waals surface area contributed by atoms with Gasteiger partial charge in [-0.25, -0.2) is 4.98 Å². The molecule has 9 nitrogen and oxygen atoms in total. The molecular weight excluding hydrogens is 314 g/mol. The molecular formula is C15H19N5O4. The van der Waals surface area contributed by atoms with Crippen LogP contribution in [0.1, 0.15) is 26.3 Å². The normalized spacial score (nSPS) is 39.1. The van der Waals surface area contributed by atoms with Crippen LogP contribution in [0.2, 0.25) is 0 Å². The molecule has 3 fully saturated rings. The van der Waals surface area contributed by atoms with E-state index in [1.807, 2.05) is 18.4 Å². The predicted octanol–water partition coefficient (Wildman–Crippen LogP) is -0.225. The van der Waals surface area contributed by atoms with Crippen LogP contribution in [0.4, 0.5) is 5.95 Å². The summed E-state index contributed by atoms with van der Waals surface area (Å²) in [7, 11) is 0. The van der Waals surface area contributed by atoms with E-state index in [0.717, 1.165) is 6.42 Å². The van der Waals surface area contributed by atoms with E-state index in [-0.39, 0.29) is 53.2 Å². The second-order valence-corrected chi connectivity index (χ2v) is 7.49. The number of fused-ring (bicyclic) bond motifs is 4. The van der Waals surface area contributed by atoms with Gasteiger partial charge in [0, 0.05) is 5.41 Å². The zero-order chi connectivity index (χ0) is 16.9. The maximum atomic E-state index is 12.0. The second-order valence-electron chi connectivity index (χ2n) is 7.49. The number of nitrogens with two attached hydrogens (primary N) is 1. The number of aromatic nitrogens is 4. The molecule has 5 atom stereocenters. The average molecular weight is 333 g/mol. The van der Waals surface area contributed by atoms with Crippen LogP contribution in [0.15, 0.2) is 11.1 Å². The standard InChI is InChI=1S/C15H19N5O4/c1-14(2)23-9-8(6-3-15(6,4-21)10(9)24-14)20-5-17-7-11(20)18-13(16)19-12(7)22/h5-6,8-10,21H,3-4H2,1-2H3,(H3,16,18,19,22)/t6-,8-,9+,10+,15-/m1/s1. The number of hydrogen-bond donors (Lipinski definition) is 3. The Balaban J connectivity index is 1.66. The van der Waals surface area contributed by atoms with Crippen molar-refractivity contribution in [3.8, 4) is 0 Å². The van der Waals surface area contributed by atoms with E-state index < -0.39 is 5.79 Å². The summed E-state index contributed by atoms with van der Waals surface area (Å²) in [6.07, 6.45) is 2.07. The molecule has 5 rings (SSSR count). The van der Waals surface area contributed by atoms with Gasteiger partial charge in [0.2, 0.25) is 5.95 Å². The number of aliphatic hydroxyl groups excluding tert-OH is 1. The summed E-state index contributed by atoms with van der Waals surface area (Å²) in [5.74, 6) is -0.450. The maximum Gasteiger partial charge on any atom is 0.280 e. The molecule has 0 unspecified atom stereocenters. The van der Waals surface area contributed by atoms with Crippen molar-refractivity contribution >= 4 is 17.1 Å². The van der Waals surface area contributed by atoms with E-state index in [4.69, 9.17) is 15.2 Å². The van der Waals surface area contributed by atoms with Crippen LogP contribution >= 0.6 is 0 Å². The molecule has 0 amide bonds. The molecule has 3 heterocycles. The molecule has 1 aliphatic heterocycles. The Morgan fingerprint density at radius 2 is 2.29 bits per heavy atom. The fourth-order valence-electron chi connectivity index (χ4n) is 4.64. The van der Waals surface area contributed by atoms with Gasteiger partial charge in [0.15, 0.2) is 17.0 Å². The number of nitrogens with one attached hydrogen (secondary N) is 1. The van der Waals surface area contributed by atoms with E-state index >= 15 is 0 Å². The van der Waals surface area contributed by atoms with Crippen LogP contribution < -0.4 is 11.3 Å². The van der Waals surface area contributed by atoms with Gasteiger partial charge in [-0.3, -0.25) is 9.78 Å². The Kier molecular flexibility index (Phi) is 2.49. The van der Waals surface area contributed by atoms with Gasteiger partial charge < -0.3 is 24.9 Å². The highest BCUT2D eigenvalue weighted by molar-refractivity contribution is 5.70. The summed E-state index contributed by atoms with van der Waals surface area (Å²) in [6.45, 7) is 3.80. The lowest BCUT2D eigenvalue weighted by Crippen LogP contribution is -2.33. The quantitative estimate of drug-likeness (QED) is 0.693. The lowest BCUT2D eigenvalue weighted by molar-refractivity contribution is -0.163. The monoisotopic (exact) mass is 333 g/mol. The number of imidazole rings is 1. The first-order valence-corrected chi connectivity index (χ1v) is 8.05. The highest BCUT2D eigenvalue weighted by atomic mass is 16.8. The number of rotatable bonds is 2. The minimum Gasteiger partial charge on any atom is -0.396 e. The first-order valence-electron chi connectivity index (χ1n) is 8.05. The Hall–Kier alpha value is -1.97. The molecule has 2 saturated carbocycles. The van der Waals surface area contributed by atoms with Gasteiger partial charge in [0.05, 0.1) is 25.1 Å². The van der Waals surface area contributed by atoms with Gasteiger partial charge in [0.1, 0.15) is 6.10 Å². The maximum absolute atomic E-state index is 12.0. The number of aromatic amines is 1. The molecule has 0 spiro atoms. The van der Waals surface area contributed by atoms with Crippen molar-refractivity contribution in [3.05, 3.63) is 16.7 Å². The fourth-order valence-corrected chi connectivity index (χ4v) is 4.64. The van der Waals surface area contributed by atoms with E-state index in [1.165, 1.54) is 0 Å². The number of nitrogens with zero attached hydrogens (tertiary/aromatic N) is 3. The lowest BCUT2D eigenvalue weighted by Gasteiger charge is -2.24. The third kappa shape index (κ3) is 1.61. The van der Waals surface area contributed by atoms with Gasteiger partial charge in [-0.05, 0) is 26.2 Å². The molecule has 9 heteroatoms. The van der Waals surface area contributed by atoms with Gasteiger partial charge in [-0.1, -0.05) is 0 Å². The zero-order valence-corrected chi connectivity index (χ0v) is 13.4. The lowest BCUT2D eigenvalue weighted by atomic mass is 10.0. The van der Waals surface area contributed by atoms with Gasteiger partial charge in [-0.15, -0.1) is 0 Å². The van der Waals surface area contributed by atoms with Crippen LogP contribution in [0.25, 0.3) is 11.2 Å². The van der Waals surface area contributed by atoms with E-state index in [9.17, 15) is 9.90 Å². The van der Waals surface area contributed by atoms with Crippen molar-refractivity contribution in [1.29, 1.82) is 0 Å². The molecule has 3 aliphatic rings. The summed E-state index contributed by atoms with van der Waals surface area (Å²) in [4.78, 5) is 22.9. The van der Waals surface area contributed by atoms with Crippen molar-refractivity contribution in [1.82, 2.24) is 19.5 Å². The molecule has 1 saturated heterocycles. The van der Waals surface area contributed by atoms with Crippen LogP contribution in [0.5, 0.6) is 0 Å². The van der Waals surface area contributed by atoms with Crippen molar-refractivity contribution in [2.75, 3.05) is 12.3 Å². The number of nitrogen functional groups attached to an aromatic ring is 1. The van der Waals surface area contributed by atoms with Crippen molar-refractivity contribution < 1.29 is 14.6 Å². The Bertz CT molecular complexity index is 905. The van der Waals surface area contributed by atoms with Crippen molar-refractivity contribution in [3.63, 3.8) is 0 Å². The molecule has 2 aliphatic carbocycles. The highest BCUT2D eigenvalue weighted by Crippen LogP contribution is 2.71. The number of aliphatic hydroxyl groups is 1. The number of anilines is 1. The summed E-state index contributed by atoms with van der Waals surface area (Å²) < 4.78 is 14.1. The van der Waals surface area contributed by atoms with Crippen LogP contribution in [0.3, 0.4) is 0 Å². The van der Waals surface area contributed by atoms with Crippen LogP contribution in [-0.2, 0) is 9.47 Å². The van der Waals surface area contributed by atoms with E-state index in [1.54, 1.807) is 6.33 Å². The minimum absolute atomic E-state index is 0.0527. The third-order valence-electron chi connectivity index (χ3n) is 5.69. The number of ether oxygens (including phenoxy) is 2. The largest absolute Gasteiger partial charge is 0.396 e. The summed E-state index contributed by atoms with van der Waals surface area (Å²) >= 11 is 0. The summed E-state index contributed by atoms with van der Waals surface area (Å²) in [5, 5.41) is 9.95. The Labute approximate surface area is 136 Å². The summed E-state index contributed by atoms with van der Waals surface area (Å²) in [6, 6.07) is -0.0948. The molecule has 2 aromatic heterocycles. The zero-order valence-electron chi connectivity index (χ0n) is 13.4. The van der Waals surface area contributed by atoms with Crippen molar-refractivity contribution in [2.45, 2.75) is 44.3 Å². The van der Waals surface area contributed by atoms with E-state index in [2.05, 4.69) is 15.0 Å². The van der Waals surface area contributed by atoms with Gasteiger partial charge in [0.25, 0.3) is 5.56 Å². The molecule has 128 valence electrons.